The Balaban J connectivity index is 1.45. The molecule has 1 aliphatic carbocycles. The van der Waals surface area contributed by atoms with E-state index in [1.54, 1.807) is 0 Å². The maximum atomic E-state index is 9.54. The van der Waals surface area contributed by atoms with Crippen LogP contribution in [-0.2, 0) is 9.47 Å². The van der Waals surface area contributed by atoms with Crippen LogP contribution in [0.4, 0.5) is 0 Å². The molecule has 2 saturated heterocycles. The molecule has 3 aliphatic rings. The molecule has 3 fully saturated rings. The van der Waals surface area contributed by atoms with Gasteiger partial charge in [0.15, 0.2) is 0 Å². The van der Waals surface area contributed by atoms with E-state index < -0.39 is 0 Å². The van der Waals surface area contributed by atoms with Crippen molar-refractivity contribution in [3.63, 3.8) is 0 Å². The van der Waals surface area contributed by atoms with Gasteiger partial charge in [0, 0.05) is 25.7 Å². The average Bonchev–Trinajstić information content (AvgIpc) is 2.97. The summed E-state index contributed by atoms with van der Waals surface area (Å²) in [6.45, 7) is 3.53. The molecule has 2 aliphatic heterocycles. The van der Waals surface area contributed by atoms with Crippen LogP contribution in [0.15, 0.2) is 0 Å². The number of aliphatic hydroxyl groups excluding tert-OH is 1. The molecule has 0 radical (unpaired) electrons. The van der Waals surface area contributed by atoms with Crippen molar-refractivity contribution >= 4 is 0 Å². The van der Waals surface area contributed by atoms with E-state index in [1.165, 1.54) is 6.42 Å². The predicted octanol–water partition coefficient (Wildman–Crippen LogP) is 1.08. The molecule has 2 heterocycles. The highest BCUT2D eigenvalue weighted by Crippen LogP contribution is 2.33. The molecule has 104 valence electrons. The first-order valence-electron chi connectivity index (χ1n) is 7.39. The van der Waals surface area contributed by atoms with E-state index in [0.29, 0.717) is 12.0 Å². The van der Waals surface area contributed by atoms with Crippen molar-refractivity contribution in [2.24, 2.45) is 5.92 Å². The van der Waals surface area contributed by atoms with Gasteiger partial charge in [0.05, 0.1) is 18.3 Å². The minimum Gasteiger partial charge on any atom is -0.393 e. The predicted molar refractivity (Wildman–Crippen MR) is 68.5 cm³/mol. The monoisotopic (exact) mass is 255 g/mol. The smallest absolute Gasteiger partial charge is 0.0951 e. The summed E-state index contributed by atoms with van der Waals surface area (Å²) in [4.78, 5) is 0. The van der Waals surface area contributed by atoms with Crippen molar-refractivity contribution in [1.82, 2.24) is 5.32 Å². The SMILES string of the molecule is OC1CCC(CNC2CCOC3(CCOC3)C2)C1. The quantitative estimate of drug-likeness (QED) is 0.792. The fourth-order valence-corrected chi connectivity index (χ4v) is 3.63. The lowest BCUT2D eigenvalue weighted by molar-refractivity contribution is -0.0895. The van der Waals surface area contributed by atoms with Crippen molar-refractivity contribution in [3.8, 4) is 0 Å². The van der Waals surface area contributed by atoms with E-state index >= 15 is 0 Å². The minimum absolute atomic E-state index is 0.00507. The zero-order chi connectivity index (χ0) is 12.4. The van der Waals surface area contributed by atoms with Crippen molar-refractivity contribution in [3.05, 3.63) is 0 Å². The highest BCUT2D eigenvalue weighted by molar-refractivity contribution is 4.93. The van der Waals surface area contributed by atoms with Crippen LogP contribution in [0.2, 0.25) is 0 Å². The number of aliphatic hydroxyl groups is 1. The molecule has 0 aromatic heterocycles. The first-order valence-corrected chi connectivity index (χ1v) is 7.39. The van der Waals surface area contributed by atoms with E-state index in [9.17, 15) is 5.11 Å². The summed E-state index contributed by atoms with van der Waals surface area (Å²) in [6, 6.07) is 0.568. The molecular formula is C14H25NO3. The van der Waals surface area contributed by atoms with Gasteiger partial charge in [-0.1, -0.05) is 0 Å². The number of rotatable bonds is 3. The van der Waals surface area contributed by atoms with Gasteiger partial charge in [-0.2, -0.15) is 0 Å². The van der Waals surface area contributed by atoms with Crippen LogP contribution in [0.1, 0.15) is 38.5 Å². The fraction of sp³-hybridized carbons (Fsp3) is 1.00. The fourth-order valence-electron chi connectivity index (χ4n) is 3.63. The van der Waals surface area contributed by atoms with Crippen LogP contribution >= 0.6 is 0 Å². The topological polar surface area (TPSA) is 50.7 Å². The third-order valence-corrected chi connectivity index (χ3v) is 4.77. The summed E-state index contributed by atoms with van der Waals surface area (Å²) >= 11 is 0. The molecular weight excluding hydrogens is 230 g/mol. The normalized spacial score (nSPS) is 44.8. The molecule has 1 saturated carbocycles. The second kappa shape index (κ2) is 5.45. The largest absolute Gasteiger partial charge is 0.393 e. The van der Waals surface area contributed by atoms with Crippen molar-refractivity contribution < 1.29 is 14.6 Å². The molecule has 3 rings (SSSR count). The van der Waals surface area contributed by atoms with Crippen molar-refractivity contribution in [2.75, 3.05) is 26.4 Å². The lowest BCUT2D eigenvalue weighted by Gasteiger charge is -2.37. The molecule has 4 unspecified atom stereocenters. The van der Waals surface area contributed by atoms with E-state index in [-0.39, 0.29) is 11.7 Å². The van der Waals surface area contributed by atoms with E-state index in [4.69, 9.17) is 9.47 Å². The van der Waals surface area contributed by atoms with Gasteiger partial charge >= 0.3 is 0 Å². The zero-order valence-electron chi connectivity index (χ0n) is 11.1. The second-order valence-corrected chi connectivity index (χ2v) is 6.26. The highest BCUT2D eigenvalue weighted by Gasteiger charge is 2.41. The van der Waals surface area contributed by atoms with Crippen LogP contribution in [0.25, 0.3) is 0 Å². The lowest BCUT2D eigenvalue weighted by atomic mass is 9.89. The van der Waals surface area contributed by atoms with Crippen LogP contribution in [0.5, 0.6) is 0 Å². The summed E-state index contributed by atoms with van der Waals surface area (Å²) in [5.41, 5.74) is 0.00507. The van der Waals surface area contributed by atoms with Gasteiger partial charge in [-0.15, -0.1) is 0 Å². The molecule has 1 spiro atoms. The molecule has 18 heavy (non-hydrogen) atoms. The molecule has 0 amide bonds. The second-order valence-electron chi connectivity index (χ2n) is 6.26. The van der Waals surface area contributed by atoms with Crippen molar-refractivity contribution in [2.45, 2.75) is 56.3 Å². The summed E-state index contributed by atoms with van der Waals surface area (Å²) in [5.74, 6) is 0.665. The van der Waals surface area contributed by atoms with E-state index in [1.807, 2.05) is 0 Å². The minimum atomic E-state index is -0.0546. The molecule has 0 aromatic carbocycles. The standard InChI is InChI=1S/C14H25NO3/c16-13-2-1-11(7-13)9-15-12-3-5-18-14(8-12)4-6-17-10-14/h11-13,15-16H,1-10H2. The van der Waals surface area contributed by atoms with Crippen LogP contribution in [-0.4, -0.2) is 49.2 Å². The first-order chi connectivity index (χ1) is 8.76. The third-order valence-electron chi connectivity index (χ3n) is 4.77. The molecule has 4 nitrogen and oxygen atoms in total. The van der Waals surface area contributed by atoms with Crippen molar-refractivity contribution in [1.29, 1.82) is 0 Å². The Hall–Kier alpha value is -0.160. The average molecular weight is 255 g/mol. The summed E-state index contributed by atoms with van der Waals surface area (Å²) in [7, 11) is 0. The van der Waals surface area contributed by atoms with Gasteiger partial charge in [0.25, 0.3) is 0 Å². The molecule has 0 bridgehead atoms. The Morgan fingerprint density at radius 1 is 1.22 bits per heavy atom. The van der Waals surface area contributed by atoms with Crippen LogP contribution in [0, 0.1) is 5.92 Å². The number of ether oxygens (including phenoxy) is 2. The Morgan fingerprint density at radius 2 is 2.17 bits per heavy atom. The van der Waals surface area contributed by atoms with Gasteiger partial charge in [-0.3, -0.25) is 0 Å². The molecule has 0 aromatic rings. The molecule has 2 N–H and O–H groups in total. The van der Waals surface area contributed by atoms with Gasteiger partial charge in [-0.25, -0.2) is 0 Å². The summed E-state index contributed by atoms with van der Waals surface area (Å²) < 4.78 is 11.4. The zero-order valence-corrected chi connectivity index (χ0v) is 11.1. The summed E-state index contributed by atoms with van der Waals surface area (Å²) in [6.07, 6.45) is 6.32. The maximum Gasteiger partial charge on any atom is 0.0951 e. The van der Waals surface area contributed by atoms with Crippen LogP contribution < -0.4 is 5.32 Å². The first kappa shape index (κ1) is 12.9. The number of hydrogen-bond acceptors (Lipinski definition) is 4. The van der Waals surface area contributed by atoms with Gasteiger partial charge in [0.2, 0.25) is 0 Å². The number of nitrogens with one attached hydrogen (secondary N) is 1. The van der Waals surface area contributed by atoms with E-state index in [0.717, 1.165) is 58.5 Å². The lowest BCUT2D eigenvalue weighted by Crippen LogP contribution is -2.48. The summed E-state index contributed by atoms with van der Waals surface area (Å²) in [5, 5.41) is 13.2. The Bertz CT molecular complexity index is 278. The third kappa shape index (κ3) is 2.87. The maximum absolute atomic E-state index is 9.54. The Morgan fingerprint density at radius 3 is 2.89 bits per heavy atom. The molecule has 4 heteroatoms. The van der Waals surface area contributed by atoms with Gasteiger partial charge < -0.3 is 19.9 Å². The Labute approximate surface area is 109 Å². The van der Waals surface area contributed by atoms with Crippen LogP contribution in [0.3, 0.4) is 0 Å². The molecule has 4 atom stereocenters. The van der Waals surface area contributed by atoms with Gasteiger partial charge in [-0.05, 0) is 44.6 Å². The number of hydrogen-bond donors (Lipinski definition) is 2. The highest BCUT2D eigenvalue weighted by atomic mass is 16.6. The van der Waals surface area contributed by atoms with E-state index in [2.05, 4.69) is 5.32 Å². The Kier molecular flexibility index (Phi) is 3.89. The van der Waals surface area contributed by atoms with Gasteiger partial charge in [0.1, 0.15) is 0 Å².